The number of nitrogens with zero attached hydrogens (tertiary/aromatic N) is 1. The van der Waals surface area contributed by atoms with Gasteiger partial charge in [0.2, 0.25) is 5.91 Å². The van der Waals surface area contributed by atoms with Crippen molar-refractivity contribution in [1.29, 1.82) is 0 Å². The maximum atomic E-state index is 12.2. The first-order chi connectivity index (χ1) is 9.60. The predicted octanol–water partition coefficient (Wildman–Crippen LogP) is 3.61. The van der Waals surface area contributed by atoms with E-state index in [1.807, 2.05) is 29.6 Å². The Morgan fingerprint density at radius 2 is 2.20 bits per heavy atom. The van der Waals surface area contributed by atoms with Crippen molar-refractivity contribution < 1.29 is 9.53 Å². The third kappa shape index (κ3) is 3.74. The maximum absolute atomic E-state index is 12.2. The van der Waals surface area contributed by atoms with Gasteiger partial charge in [0, 0.05) is 29.1 Å². The van der Waals surface area contributed by atoms with Gasteiger partial charge >= 0.3 is 0 Å². The number of hydrogen-bond donors (Lipinski definition) is 0. The summed E-state index contributed by atoms with van der Waals surface area (Å²) in [4.78, 5) is 14.9. The van der Waals surface area contributed by atoms with Gasteiger partial charge in [-0.15, -0.1) is 11.3 Å². The molecule has 3 nitrogen and oxygen atoms in total. The van der Waals surface area contributed by atoms with Gasteiger partial charge in [-0.25, -0.2) is 0 Å². The number of rotatable bonds is 5. The molecular formula is C15H16ClNO2S. The molecule has 1 aromatic heterocycles. The highest BCUT2D eigenvalue weighted by atomic mass is 35.5. The number of methoxy groups -OCH3 is 1. The molecule has 2 aromatic rings. The number of amides is 1. The van der Waals surface area contributed by atoms with E-state index in [4.69, 9.17) is 16.3 Å². The molecule has 0 aliphatic rings. The summed E-state index contributed by atoms with van der Waals surface area (Å²) in [6.07, 6.45) is 0.428. The van der Waals surface area contributed by atoms with Gasteiger partial charge in [0.15, 0.2) is 0 Å². The maximum Gasteiger partial charge on any atom is 0.227 e. The Morgan fingerprint density at radius 1 is 1.40 bits per heavy atom. The molecule has 0 aliphatic heterocycles. The van der Waals surface area contributed by atoms with Gasteiger partial charge in [-0.1, -0.05) is 17.7 Å². The Balaban J connectivity index is 2.05. The SMILES string of the molecule is COc1ccc(Cl)cc1CN(C)C(=O)Cc1cccs1. The van der Waals surface area contributed by atoms with Crippen LogP contribution in [-0.2, 0) is 17.8 Å². The summed E-state index contributed by atoms with van der Waals surface area (Å²) in [7, 11) is 3.40. The number of thiophene rings is 1. The van der Waals surface area contributed by atoms with Crippen LogP contribution in [0.3, 0.4) is 0 Å². The van der Waals surface area contributed by atoms with Gasteiger partial charge in [-0.3, -0.25) is 4.79 Å². The molecular weight excluding hydrogens is 294 g/mol. The van der Waals surface area contributed by atoms with Crippen molar-refractivity contribution in [1.82, 2.24) is 4.90 Å². The van der Waals surface area contributed by atoms with Gasteiger partial charge < -0.3 is 9.64 Å². The molecule has 0 fully saturated rings. The number of carbonyl (C=O) groups excluding carboxylic acids is 1. The fourth-order valence-electron chi connectivity index (χ4n) is 1.91. The van der Waals surface area contributed by atoms with Crippen molar-refractivity contribution in [2.45, 2.75) is 13.0 Å². The molecule has 0 saturated carbocycles. The van der Waals surface area contributed by atoms with E-state index in [0.29, 0.717) is 18.0 Å². The molecule has 2 rings (SSSR count). The second-order valence-corrected chi connectivity index (χ2v) is 5.93. The van der Waals surface area contributed by atoms with Crippen LogP contribution in [0.2, 0.25) is 5.02 Å². The van der Waals surface area contributed by atoms with E-state index >= 15 is 0 Å². The number of hydrogen-bond acceptors (Lipinski definition) is 3. The van der Waals surface area contributed by atoms with Gasteiger partial charge in [0.25, 0.3) is 0 Å². The third-order valence-electron chi connectivity index (χ3n) is 2.98. The van der Waals surface area contributed by atoms with E-state index in [-0.39, 0.29) is 5.91 Å². The van der Waals surface area contributed by atoms with Crippen LogP contribution in [0.1, 0.15) is 10.4 Å². The predicted molar refractivity (Wildman–Crippen MR) is 82.5 cm³/mol. The molecule has 0 radical (unpaired) electrons. The topological polar surface area (TPSA) is 29.5 Å². The zero-order chi connectivity index (χ0) is 14.5. The average molecular weight is 310 g/mol. The quantitative estimate of drug-likeness (QED) is 0.844. The third-order valence-corrected chi connectivity index (χ3v) is 4.09. The summed E-state index contributed by atoms with van der Waals surface area (Å²) in [5, 5.41) is 2.61. The summed E-state index contributed by atoms with van der Waals surface area (Å²) in [5.74, 6) is 0.819. The van der Waals surface area contributed by atoms with E-state index in [1.54, 1.807) is 36.5 Å². The molecule has 106 valence electrons. The van der Waals surface area contributed by atoms with Crippen molar-refractivity contribution in [3.8, 4) is 5.75 Å². The van der Waals surface area contributed by atoms with Crippen molar-refractivity contribution in [3.05, 3.63) is 51.2 Å². The molecule has 0 spiro atoms. The monoisotopic (exact) mass is 309 g/mol. The standard InChI is InChI=1S/C15H16ClNO2S/c1-17(15(18)9-13-4-3-7-20-13)10-11-8-12(16)5-6-14(11)19-2/h3-8H,9-10H2,1-2H3. The number of halogens is 1. The Morgan fingerprint density at radius 3 is 2.85 bits per heavy atom. The lowest BCUT2D eigenvalue weighted by molar-refractivity contribution is -0.129. The average Bonchev–Trinajstić information content (AvgIpc) is 2.91. The minimum atomic E-state index is 0.0782. The van der Waals surface area contributed by atoms with Gasteiger partial charge in [0.05, 0.1) is 13.5 Å². The van der Waals surface area contributed by atoms with Crippen LogP contribution in [0.25, 0.3) is 0 Å². The molecule has 5 heteroatoms. The van der Waals surface area contributed by atoms with Gasteiger partial charge in [-0.05, 0) is 29.6 Å². The van der Waals surface area contributed by atoms with E-state index in [1.165, 1.54) is 0 Å². The Hall–Kier alpha value is -1.52. The van der Waals surface area contributed by atoms with E-state index in [0.717, 1.165) is 16.2 Å². The number of benzene rings is 1. The van der Waals surface area contributed by atoms with Crippen molar-refractivity contribution >= 4 is 28.8 Å². The Kier molecular flexibility index (Phi) is 5.04. The highest BCUT2D eigenvalue weighted by Crippen LogP contribution is 2.24. The highest BCUT2D eigenvalue weighted by molar-refractivity contribution is 7.10. The van der Waals surface area contributed by atoms with Crippen LogP contribution in [0.4, 0.5) is 0 Å². The van der Waals surface area contributed by atoms with Gasteiger partial charge in [-0.2, -0.15) is 0 Å². The second-order valence-electron chi connectivity index (χ2n) is 4.46. The first-order valence-electron chi connectivity index (χ1n) is 6.19. The lowest BCUT2D eigenvalue weighted by Gasteiger charge is -2.18. The second kappa shape index (κ2) is 6.77. The van der Waals surface area contributed by atoms with Crippen molar-refractivity contribution in [3.63, 3.8) is 0 Å². The first kappa shape index (κ1) is 14.9. The van der Waals surface area contributed by atoms with Crippen LogP contribution < -0.4 is 4.74 Å². The Bertz CT molecular complexity index is 584. The smallest absolute Gasteiger partial charge is 0.227 e. The number of ether oxygens (including phenoxy) is 1. The molecule has 0 saturated heterocycles. The first-order valence-corrected chi connectivity index (χ1v) is 7.44. The molecule has 0 aliphatic carbocycles. The fraction of sp³-hybridized carbons (Fsp3) is 0.267. The van der Waals surface area contributed by atoms with E-state index in [9.17, 15) is 4.79 Å². The van der Waals surface area contributed by atoms with Gasteiger partial charge in [0.1, 0.15) is 5.75 Å². The van der Waals surface area contributed by atoms with Crippen LogP contribution in [-0.4, -0.2) is 25.0 Å². The summed E-state index contributed by atoms with van der Waals surface area (Å²) < 4.78 is 5.29. The Labute approximate surface area is 127 Å². The minimum absolute atomic E-state index is 0.0782. The van der Waals surface area contributed by atoms with E-state index in [2.05, 4.69) is 0 Å². The summed E-state index contributed by atoms with van der Waals surface area (Å²) in [6, 6.07) is 9.34. The molecule has 1 aromatic carbocycles. The summed E-state index contributed by atoms with van der Waals surface area (Å²) >= 11 is 7.59. The summed E-state index contributed by atoms with van der Waals surface area (Å²) in [6.45, 7) is 0.480. The minimum Gasteiger partial charge on any atom is -0.496 e. The van der Waals surface area contributed by atoms with Crippen LogP contribution in [0.15, 0.2) is 35.7 Å². The largest absolute Gasteiger partial charge is 0.496 e. The molecule has 1 amide bonds. The lowest BCUT2D eigenvalue weighted by Crippen LogP contribution is -2.27. The van der Waals surface area contributed by atoms with Crippen LogP contribution in [0.5, 0.6) is 5.75 Å². The van der Waals surface area contributed by atoms with Crippen molar-refractivity contribution in [2.24, 2.45) is 0 Å². The van der Waals surface area contributed by atoms with Crippen LogP contribution in [0, 0.1) is 0 Å². The molecule has 0 bridgehead atoms. The normalized spacial score (nSPS) is 10.3. The van der Waals surface area contributed by atoms with E-state index < -0.39 is 0 Å². The number of carbonyl (C=O) groups is 1. The fourth-order valence-corrected chi connectivity index (χ4v) is 2.80. The zero-order valence-corrected chi connectivity index (χ0v) is 13.0. The lowest BCUT2D eigenvalue weighted by atomic mass is 10.2. The summed E-state index contributed by atoms with van der Waals surface area (Å²) in [5.41, 5.74) is 0.905. The molecule has 0 N–H and O–H groups in total. The highest BCUT2D eigenvalue weighted by Gasteiger charge is 2.13. The van der Waals surface area contributed by atoms with Crippen molar-refractivity contribution in [2.75, 3.05) is 14.2 Å². The zero-order valence-electron chi connectivity index (χ0n) is 11.4. The molecule has 0 unspecified atom stereocenters. The molecule has 0 atom stereocenters. The molecule has 20 heavy (non-hydrogen) atoms. The van der Waals surface area contributed by atoms with Crippen LogP contribution >= 0.6 is 22.9 Å². The molecule has 1 heterocycles. The number of likely N-dealkylation sites (N-methyl/N-ethyl adjacent to an activating group) is 1.